The minimum absolute atomic E-state index is 0.0604. The van der Waals surface area contributed by atoms with Crippen LogP contribution < -0.4 is 0 Å². The molecule has 4 fully saturated rings. The zero-order chi connectivity index (χ0) is 18.9. The van der Waals surface area contributed by atoms with Crippen LogP contribution >= 0.6 is 0 Å². The highest BCUT2D eigenvalue weighted by molar-refractivity contribution is 5.85. The lowest BCUT2D eigenvalue weighted by atomic mass is 9.44. The Morgan fingerprint density at radius 1 is 1.19 bits per heavy atom. The first-order valence-corrected chi connectivity index (χ1v) is 10.5. The fraction of sp³-hybridized carbons (Fsp3) is 0.826. The lowest BCUT2D eigenvalue weighted by Gasteiger charge is -2.60. The van der Waals surface area contributed by atoms with Gasteiger partial charge in [0, 0.05) is 12.3 Å². The number of Topliss-reactive ketones (excluding diaryl/α,β-unsaturated/α-hetero) is 1. The number of ketones is 1. The van der Waals surface area contributed by atoms with E-state index >= 15 is 0 Å². The van der Waals surface area contributed by atoms with E-state index in [1.807, 2.05) is 13.8 Å². The van der Waals surface area contributed by atoms with Crippen molar-refractivity contribution >= 4 is 5.78 Å². The van der Waals surface area contributed by atoms with E-state index in [-0.39, 0.29) is 16.7 Å². The number of fused-ring (bicyclic) bond motifs is 5. The van der Waals surface area contributed by atoms with E-state index in [2.05, 4.69) is 18.7 Å². The van der Waals surface area contributed by atoms with Gasteiger partial charge >= 0.3 is 0 Å². The van der Waals surface area contributed by atoms with Crippen LogP contribution in [-0.2, 0) is 4.79 Å². The zero-order valence-electron chi connectivity index (χ0n) is 16.8. The molecule has 0 radical (unpaired) electrons. The lowest BCUT2D eigenvalue weighted by Crippen LogP contribution is -2.58. The molecule has 0 aromatic heterocycles. The standard InChI is InChI=1S/C23H33NO2/c1-14(24-5)17-8-9-18-16-7-6-15-12-21(2,26)10-11-22(15,3)20(16)19(25)13-23(17,18)4/h15-16,18,20,26H,6-13H2,1-4H3/b17-14-/t15-,16-,18-,20+,21+,22-,23+/m0/s1. The van der Waals surface area contributed by atoms with Crippen LogP contribution in [0.15, 0.2) is 11.3 Å². The van der Waals surface area contributed by atoms with Gasteiger partial charge in [0.15, 0.2) is 5.70 Å². The van der Waals surface area contributed by atoms with Crippen LogP contribution in [0.25, 0.3) is 4.85 Å². The van der Waals surface area contributed by atoms with Gasteiger partial charge in [0.25, 0.3) is 0 Å². The fourth-order valence-electron chi connectivity index (χ4n) is 7.73. The summed E-state index contributed by atoms with van der Waals surface area (Å²) >= 11 is 0. The van der Waals surface area contributed by atoms with Gasteiger partial charge in [-0.05, 0) is 87.4 Å². The summed E-state index contributed by atoms with van der Waals surface area (Å²) in [6, 6.07) is 0. The van der Waals surface area contributed by atoms with E-state index in [9.17, 15) is 9.90 Å². The highest BCUT2D eigenvalue weighted by Crippen LogP contribution is 2.67. The smallest absolute Gasteiger partial charge is 0.162 e. The van der Waals surface area contributed by atoms with E-state index < -0.39 is 5.60 Å². The van der Waals surface area contributed by atoms with Crippen LogP contribution in [0.1, 0.15) is 79.1 Å². The van der Waals surface area contributed by atoms with Gasteiger partial charge in [0.1, 0.15) is 5.78 Å². The highest BCUT2D eigenvalue weighted by Gasteiger charge is 2.62. The Balaban J connectivity index is 1.71. The van der Waals surface area contributed by atoms with E-state index in [0.29, 0.717) is 30.0 Å². The molecule has 7 atom stereocenters. The molecule has 0 aromatic carbocycles. The predicted octanol–water partition coefficient (Wildman–Crippen LogP) is 5.15. The summed E-state index contributed by atoms with van der Waals surface area (Å²) in [5.74, 6) is 2.11. The number of hydrogen-bond acceptors (Lipinski definition) is 2. The van der Waals surface area contributed by atoms with Crippen LogP contribution in [-0.4, -0.2) is 16.5 Å². The molecular weight excluding hydrogens is 322 g/mol. The van der Waals surface area contributed by atoms with Crippen LogP contribution in [0.5, 0.6) is 0 Å². The summed E-state index contributed by atoms with van der Waals surface area (Å²) in [5, 5.41) is 10.6. The van der Waals surface area contributed by atoms with Crippen molar-refractivity contribution in [2.24, 2.45) is 34.5 Å². The maximum Gasteiger partial charge on any atom is 0.162 e. The molecule has 0 saturated heterocycles. The second-order valence-electron chi connectivity index (χ2n) is 10.5. The van der Waals surface area contributed by atoms with Gasteiger partial charge < -0.3 is 5.11 Å². The van der Waals surface area contributed by atoms with E-state index in [4.69, 9.17) is 6.57 Å². The first kappa shape index (κ1) is 18.2. The number of rotatable bonds is 0. The maximum absolute atomic E-state index is 13.5. The predicted molar refractivity (Wildman–Crippen MR) is 102 cm³/mol. The molecule has 0 aromatic rings. The second-order valence-corrected chi connectivity index (χ2v) is 10.5. The average Bonchev–Trinajstić information content (AvgIpc) is 2.91. The largest absolute Gasteiger partial charge is 0.390 e. The maximum atomic E-state index is 13.5. The molecular formula is C23H33NO2. The molecule has 26 heavy (non-hydrogen) atoms. The summed E-state index contributed by atoms with van der Waals surface area (Å²) in [7, 11) is 0. The van der Waals surface area contributed by atoms with Crippen molar-refractivity contribution in [2.75, 3.05) is 0 Å². The van der Waals surface area contributed by atoms with Crippen molar-refractivity contribution in [3.8, 4) is 0 Å². The van der Waals surface area contributed by atoms with Crippen LogP contribution in [0.2, 0.25) is 0 Å². The molecule has 4 saturated carbocycles. The summed E-state index contributed by atoms with van der Waals surface area (Å²) in [5.41, 5.74) is 1.51. The van der Waals surface area contributed by atoms with E-state index in [0.717, 1.165) is 50.6 Å². The monoisotopic (exact) mass is 355 g/mol. The van der Waals surface area contributed by atoms with Gasteiger partial charge in [-0.3, -0.25) is 4.79 Å². The summed E-state index contributed by atoms with van der Waals surface area (Å²) in [6.07, 6.45) is 7.69. The van der Waals surface area contributed by atoms with Gasteiger partial charge in [0.2, 0.25) is 0 Å². The Morgan fingerprint density at radius 3 is 2.62 bits per heavy atom. The minimum atomic E-state index is -0.556. The summed E-state index contributed by atoms with van der Waals surface area (Å²) in [6.45, 7) is 16.0. The lowest BCUT2D eigenvalue weighted by molar-refractivity contribution is -0.163. The van der Waals surface area contributed by atoms with Crippen LogP contribution in [0.4, 0.5) is 0 Å². The van der Waals surface area contributed by atoms with Crippen molar-refractivity contribution in [2.45, 2.75) is 84.7 Å². The number of nitrogens with zero attached hydrogens (tertiary/aromatic N) is 1. The molecule has 3 nitrogen and oxygen atoms in total. The number of carbonyl (C=O) groups excluding carboxylic acids is 1. The third-order valence-electron chi connectivity index (χ3n) is 9.03. The average molecular weight is 356 g/mol. The highest BCUT2D eigenvalue weighted by atomic mass is 16.3. The van der Waals surface area contributed by atoms with E-state index in [1.165, 1.54) is 5.57 Å². The molecule has 3 heteroatoms. The molecule has 142 valence electrons. The van der Waals surface area contributed by atoms with Gasteiger partial charge in [0.05, 0.1) is 12.2 Å². The first-order chi connectivity index (χ1) is 12.1. The second kappa shape index (κ2) is 5.68. The van der Waals surface area contributed by atoms with Gasteiger partial charge in [-0.25, -0.2) is 4.85 Å². The van der Waals surface area contributed by atoms with Gasteiger partial charge in [-0.1, -0.05) is 19.4 Å². The topological polar surface area (TPSA) is 41.7 Å². The van der Waals surface area contributed by atoms with Crippen molar-refractivity contribution < 1.29 is 9.90 Å². The summed E-state index contributed by atoms with van der Waals surface area (Å²) < 4.78 is 0. The number of aliphatic hydroxyl groups is 1. The summed E-state index contributed by atoms with van der Waals surface area (Å²) in [4.78, 5) is 17.2. The Bertz CT molecular complexity index is 714. The SMILES string of the molecule is [C-]#[N+]/C(C)=C1/CC[C@H]2[C@@H]3CC[C@H]4C[C@](C)(O)CC[C@]4(C)[C@H]3C(=O)C[C@]12C. The number of allylic oxidation sites excluding steroid dienone is 2. The molecule has 4 aliphatic rings. The minimum Gasteiger partial charge on any atom is -0.390 e. The Kier molecular flexibility index (Phi) is 3.98. The quantitative estimate of drug-likeness (QED) is 0.610. The zero-order valence-corrected chi connectivity index (χ0v) is 16.8. The normalized spacial score (nSPS) is 52.5. The van der Waals surface area contributed by atoms with Crippen LogP contribution in [0, 0.1) is 41.1 Å². The molecule has 0 heterocycles. The number of carbonyl (C=O) groups is 1. The van der Waals surface area contributed by atoms with Gasteiger partial charge in [-0.15, -0.1) is 0 Å². The first-order valence-electron chi connectivity index (χ1n) is 10.5. The van der Waals surface area contributed by atoms with Gasteiger partial charge in [-0.2, -0.15) is 0 Å². The van der Waals surface area contributed by atoms with Crippen molar-refractivity contribution in [1.82, 2.24) is 0 Å². The molecule has 0 unspecified atom stereocenters. The Labute approximate surface area is 158 Å². The molecule has 4 aliphatic carbocycles. The molecule has 1 N–H and O–H groups in total. The van der Waals surface area contributed by atoms with E-state index in [1.54, 1.807) is 0 Å². The number of hydrogen-bond donors (Lipinski definition) is 1. The Morgan fingerprint density at radius 2 is 1.92 bits per heavy atom. The van der Waals surface area contributed by atoms with Crippen molar-refractivity contribution in [1.29, 1.82) is 0 Å². The molecule has 0 aliphatic heterocycles. The fourth-order valence-corrected chi connectivity index (χ4v) is 7.73. The van der Waals surface area contributed by atoms with Crippen molar-refractivity contribution in [3.63, 3.8) is 0 Å². The molecule has 0 bridgehead atoms. The van der Waals surface area contributed by atoms with Crippen LogP contribution in [0.3, 0.4) is 0 Å². The van der Waals surface area contributed by atoms with Crippen molar-refractivity contribution in [3.05, 3.63) is 22.7 Å². The Hall–Kier alpha value is -1.14. The third kappa shape index (κ3) is 2.37. The molecule has 0 spiro atoms. The molecule has 4 rings (SSSR count). The molecule has 0 amide bonds. The third-order valence-corrected chi connectivity index (χ3v) is 9.03.